The number of nitrogens with one attached hydrogen (secondary N) is 2. The van der Waals surface area contributed by atoms with Crippen molar-refractivity contribution < 1.29 is 19.5 Å². The van der Waals surface area contributed by atoms with Crippen LogP contribution in [0.5, 0.6) is 0 Å². The Kier molecular flexibility index (Phi) is 6.37. The molecule has 2 aromatic rings. The Morgan fingerprint density at radius 3 is 2.31 bits per heavy atom. The molecule has 190 valence electrons. The number of aliphatic hydroxyl groups is 1. The second kappa shape index (κ2) is 9.23. The van der Waals surface area contributed by atoms with Gasteiger partial charge in [-0.3, -0.25) is 14.4 Å². The normalized spacial score (nSPS) is 31.4. The number of amides is 3. The van der Waals surface area contributed by atoms with Gasteiger partial charge < -0.3 is 20.6 Å². The van der Waals surface area contributed by atoms with Crippen molar-refractivity contribution >= 4 is 35.2 Å². The molecular formula is C28H33N3O4S. The molecule has 0 aliphatic carbocycles. The molecule has 0 saturated carbocycles. The minimum atomic E-state index is -0.781. The fourth-order valence-electron chi connectivity index (χ4n) is 6.53. The summed E-state index contributed by atoms with van der Waals surface area (Å²) in [6.45, 7) is 5.53. The molecule has 2 bridgehead atoms. The van der Waals surface area contributed by atoms with E-state index in [0.29, 0.717) is 12.1 Å². The minimum Gasteiger partial charge on any atom is -0.394 e. The number of rotatable bonds is 7. The lowest BCUT2D eigenvalue weighted by Crippen LogP contribution is -2.55. The highest BCUT2D eigenvalue weighted by Crippen LogP contribution is 2.72. The predicted molar refractivity (Wildman–Crippen MR) is 140 cm³/mol. The van der Waals surface area contributed by atoms with Gasteiger partial charge in [-0.05, 0) is 51.3 Å². The van der Waals surface area contributed by atoms with Crippen LogP contribution >= 0.6 is 11.8 Å². The lowest BCUT2D eigenvalue weighted by atomic mass is 9.66. The molecule has 3 saturated heterocycles. The third-order valence-corrected chi connectivity index (χ3v) is 9.90. The van der Waals surface area contributed by atoms with E-state index < -0.39 is 33.4 Å². The number of carbonyl (C=O) groups is 3. The van der Waals surface area contributed by atoms with Crippen LogP contribution in [-0.2, 0) is 14.4 Å². The maximum atomic E-state index is 14.3. The smallest absolute Gasteiger partial charge is 0.244 e. The van der Waals surface area contributed by atoms with Crippen molar-refractivity contribution in [1.29, 1.82) is 0 Å². The molecule has 5 rings (SSSR count). The minimum absolute atomic E-state index is 0.106. The third kappa shape index (κ3) is 3.82. The van der Waals surface area contributed by atoms with Gasteiger partial charge in [0.2, 0.25) is 17.7 Å². The number of benzene rings is 2. The molecule has 0 aromatic heterocycles. The summed E-state index contributed by atoms with van der Waals surface area (Å²) in [5.41, 5.74) is 1.45. The summed E-state index contributed by atoms with van der Waals surface area (Å²) < 4.78 is -1.19. The second-order valence-corrected chi connectivity index (χ2v) is 12.5. The Morgan fingerprint density at radius 1 is 1.06 bits per heavy atom. The molecule has 3 heterocycles. The molecule has 3 aliphatic rings. The van der Waals surface area contributed by atoms with Crippen molar-refractivity contribution in [3.63, 3.8) is 0 Å². The summed E-state index contributed by atoms with van der Waals surface area (Å²) in [6.07, 6.45) is 1.40. The van der Waals surface area contributed by atoms with E-state index >= 15 is 0 Å². The molecular weight excluding hydrogens is 474 g/mol. The van der Waals surface area contributed by atoms with Crippen LogP contribution in [0.3, 0.4) is 0 Å². The summed E-state index contributed by atoms with van der Waals surface area (Å²) in [4.78, 5) is 43.4. The highest BCUT2D eigenvalue weighted by molar-refractivity contribution is 8.02. The lowest BCUT2D eigenvalue weighted by molar-refractivity contribution is -0.142. The number of thioether (sulfide) groups is 1. The Labute approximate surface area is 216 Å². The number of aliphatic hydroxyl groups excluding tert-OH is 1. The van der Waals surface area contributed by atoms with Crippen LogP contribution in [0.4, 0.5) is 5.69 Å². The highest BCUT2D eigenvalue weighted by atomic mass is 32.2. The SMILES string of the molecule is CC(C)NC(=O)C1N([C@H](CO)c2ccccc2)C(=O)[C@@H]2[C@@H](C(=O)Nc3ccccc3)[C@@]3(C)CCC12S3. The van der Waals surface area contributed by atoms with Crippen LogP contribution < -0.4 is 10.6 Å². The van der Waals surface area contributed by atoms with Gasteiger partial charge in [-0.1, -0.05) is 48.5 Å². The zero-order valence-electron chi connectivity index (χ0n) is 20.8. The summed E-state index contributed by atoms with van der Waals surface area (Å²) in [5.74, 6) is -1.88. The van der Waals surface area contributed by atoms with E-state index in [1.54, 1.807) is 16.7 Å². The fraction of sp³-hybridized carbons (Fsp3) is 0.464. The Balaban J connectivity index is 1.58. The van der Waals surface area contributed by atoms with E-state index in [2.05, 4.69) is 17.6 Å². The molecule has 36 heavy (non-hydrogen) atoms. The molecule has 0 radical (unpaired) electrons. The van der Waals surface area contributed by atoms with Crippen LogP contribution in [0.2, 0.25) is 0 Å². The van der Waals surface area contributed by atoms with Gasteiger partial charge in [0, 0.05) is 16.5 Å². The van der Waals surface area contributed by atoms with E-state index in [9.17, 15) is 19.5 Å². The van der Waals surface area contributed by atoms with Gasteiger partial charge in [0.15, 0.2) is 0 Å². The van der Waals surface area contributed by atoms with Gasteiger partial charge in [-0.15, -0.1) is 11.8 Å². The lowest BCUT2D eigenvalue weighted by Gasteiger charge is -2.37. The van der Waals surface area contributed by atoms with Crippen LogP contribution in [0.1, 0.15) is 45.2 Å². The average Bonchev–Trinajstić information content (AvgIpc) is 3.41. The van der Waals surface area contributed by atoms with Crippen LogP contribution in [0, 0.1) is 11.8 Å². The summed E-state index contributed by atoms with van der Waals surface area (Å²) in [6, 6.07) is 17.0. The van der Waals surface area contributed by atoms with Crippen molar-refractivity contribution in [3.05, 3.63) is 66.2 Å². The molecule has 2 aromatic carbocycles. The first-order valence-corrected chi connectivity index (χ1v) is 13.4. The monoisotopic (exact) mass is 507 g/mol. The topological polar surface area (TPSA) is 98.7 Å². The molecule has 8 heteroatoms. The van der Waals surface area contributed by atoms with Gasteiger partial charge in [-0.2, -0.15) is 0 Å². The summed E-state index contributed by atoms with van der Waals surface area (Å²) >= 11 is 1.63. The van der Waals surface area contributed by atoms with Crippen LogP contribution in [-0.4, -0.2) is 55.9 Å². The van der Waals surface area contributed by atoms with Gasteiger partial charge in [-0.25, -0.2) is 0 Å². The quantitative estimate of drug-likeness (QED) is 0.534. The van der Waals surface area contributed by atoms with Gasteiger partial charge >= 0.3 is 0 Å². The second-order valence-electron chi connectivity index (χ2n) is 10.6. The van der Waals surface area contributed by atoms with Gasteiger partial charge in [0.25, 0.3) is 0 Å². The number of hydrogen-bond acceptors (Lipinski definition) is 5. The van der Waals surface area contributed by atoms with Crippen molar-refractivity contribution in [2.45, 2.75) is 61.2 Å². The number of anilines is 1. The summed E-state index contributed by atoms with van der Waals surface area (Å²) in [5, 5.41) is 16.5. The number of hydrogen-bond donors (Lipinski definition) is 3. The average molecular weight is 508 g/mol. The molecule has 3 N–H and O–H groups in total. The van der Waals surface area contributed by atoms with Crippen molar-refractivity contribution in [1.82, 2.24) is 10.2 Å². The molecule has 2 unspecified atom stereocenters. The molecule has 6 atom stereocenters. The fourth-order valence-corrected chi connectivity index (χ4v) is 8.88. The first kappa shape index (κ1) is 24.8. The molecule has 7 nitrogen and oxygen atoms in total. The number of carbonyl (C=O) groups excluding carboxylic acids is 3. The van der Waals surface area contributed by atoms with E-state index in [1.165, 1.54) is 0 Å². The largest absolute Gasteiger partial charge is 0.394 e. The number of fused-ring (bicyclic) bond motifs is 1. The Hall–Kier alpha value is -2.84. The van der Waals surface area contributed by atoms with Gasteiger partial charge in [0.05, 0.1) is 29.2 Å². The van der Waals surface area contributed by atoms with Crippen LogP contribution in [0.25, 0.3) is 0 Å². The molecule has 3 aliphatic heterocycles. The van der Waals surface area contributed by atoms with Crippen molar-refractivity contribution in [3.8, 4) is 0 Å². The molecule has 1 spiro atoms. The maximum Gasteiger partial charge on any atom is 0.244 e. The predicted octanol–water partition coefficient (Wildman–Crippen LogP) is 3.36. The number of likely N-dealkylation sites (tertiary alicyclic amines) is 1. The molecule has 3 fully saturated rings. The number of nitrogens with zero attached hydrogens (tertiary/aromatic N) is 1. The Morgan fingerprint density at radius 2 is 1.69 bits per heavy atom. The van der Waals surface area contributed by atoms with E-state index in [4.69, 9.17) is 0 Å². The first-order chi connectivity index (χ1) is 17.2. The van der Waals surface area contributed by atoms with Crippen molar-refractivity contribution in [2.24, 2.45) is 11.8 Å². The van der Waals surface area contributed by atoms with E-state index in [-0.39, 0.29) is 30.4 Å². The molecule has 3 amide bonds. The first-order valence-electron chi connectivity index (χ1n) is 12.6. The van der Waals surface area contributed by atoms with Crippen molar-refractivity contribution in [2.75, 3.05) is 11.9 Å². The summed E-state index contributed by atoms with van der Waals surface area (Å²) in [7, 11) is 0. The zero-order chi connectivity index (χ0) is 25.7. The maximum absolute atomic E-state index is 14.3. The number of para-hydroxylation sites is 1. The van der Waals surface area contributed by atoms with E-state index in [1.807, 2.05) is 74.5 Å². The highest BCUT2D eigenvalue weighted by Gasteiger charge is 2.77. The van der Waals surface area contributed by atoms with E-state index in [0.717, 1.165) is 12.0 Å². The standard InChI is InChI=1S/C28H33N3O4S/c1-17(2)29-25(34)23-28-15-14-27(3,36-28)21(24(33)30-19-12-8-5-9-13-19)22(28)26(35)31(23)20(16-32)18-10-6-4-7-11-18/h4-13,17,20-23,32H,14-16H2,1-3H3,(H,29,34)(H,30,33)/t20-,21+,22+,23?,27-,28?/m1/s1. The zero-order valence-corrected chi connectivity index (χ0v) is 21.6. The Bertz CT molecular complexity index is 1160. The van der Waals surface area contributed by atoms with Crippen LogP contribution in [0.15, 0.2) is 60.7 Å². The van der Waals surface area contributed by atoms with Gasteiger partial charge in [0.1, 0.15) is 6.04 Å². The third-order valence-electron chi connectivity index (χ3n) is 7.91.